The monoisotopic (exact) mass is 386 g/mol. The smallest absolute Gasteiger partial charge is 0.295 e. The number of halogens is 1. The highest BCUT2D eigenvalue weighted by molar-refractivity contribution is 9.10. The van der Waals surface area contributed by atoms with Gasteiger partial charge in [0.25, 0.3) is 5.91 Å². The van der Waals surface area contributed by atoms with E-state index in [0.29, 0.717) is 5.69 Å². The zero-order chi connectivity index (χ0) is 16.9. The Morgan fingerprint density at radius 3 is 2.58 bits per heavy atom. The van der Waals surface area contributed by atoms with E-state index in [1.807, 2.05) is 42.5 Å². The minimum atomic E-state index is -0.713. The van der Waals surface area contributed by atoms with Gasteiger partial charge in [-0.05, 0) is 29.8 Å². The number of hydrogen-bond acceptors (Lipinski definition) is 4. The number of amides is 1. The number of aliphatic hydroxyl groups excluding tert-OH is 1. The summed E-state index contributed by atoms with van der Waals surface area (Å²) in [4.78, 5) is 16.1. The van der Waals surface area contributed by atoms with Crippen LogP contribution in [0.5, 0.6) is 0 Å². The van der Waals surface area contributed by atoms with Crippen molar-refractivity contribution in [3.63, 3.8) is 0 Å². The van der Waals surface area contributed by atoms with Crippen LogP contribution in [0.2, 0.25) is 0 Å². The minimum Gasteiger partial charge on any atom is -0.386 e. The van der Waals surface area contributed by atoms with Crippen molar-refractivity contribution in [3.8, 4) is 0 Å². The Balaban J connectivity index is 1.64. The lowest BCUT2D eigenvalue weighted by atomic mass is 10.1. The van der Waals surface area contributed by atoms with Gasteiger partial charge in [-0.1, -0.05) is 46.3 Å². The molecular weight excluding hydrogens is 372 g/mol. The Labute approximate surface area is 147 Å². The van der Waals surface area contributed by atoms with Crippen LogP contribution in [0.1, 0.15) is 22.3 Å². The van der Waals surface area contributed by atoms with E-state index in [9.17, 15) is 9.90 Å². The molecule has 0 bridgehead atoms. The van der Waals surface area contributed by atoms with Crippen molar-refractivity contribution in [2.45, 2.75) is 12.6 Å². The van der Waals surface area contributed by atoms with Gasteiger partial charge in [0, 0.05) is 10.2 Å². The average Bonchev–Trinajstić information content (AvgIpc) is 3.06. The van der Waals surface area contributed by atoms with E-state index in [4.69, 9.17) is 0 Å². The maximum atomic E-state index is 12.1. The molecule has 0 saturated carbocycles. The third-order valence-corrected chi connectivity index (χ3v) is 3.91. The first-order valence-electron chi connectivity index (χ1n) is 7.31. The van der Waals surface area contributed by atoms with Crippen molar-refractivity contribution in [1.29, 1.82) is 0 Å². The maximum absolute atomic E-state index is 12.1. The minimum absolute atomic E-state index is 0.0539. The average molecular weight is 387 g/mol. The topological polar surface area (TPSA) is 80.0 Å². The van der Waals surface area contributed by atoms with Crippen LogP contribution < -0.4 is 5.32 Å². The molecule has 1 heterocycles. The van der Waals surface area contributed by atoms with Crippen molar-refractivity contribution < 1.29 is 9.90 Å². The SMILES string of the molecule is O=C(Nc1ccc(Br)cc1)c1ncn(C[C@H](O)c2ccccc2)n1. The highest BCUT2D eigenvalue weighted by atomic mass is 79.9. The number of aliphatic hydroxyl groups is 1. The van der Waals surface area contributed by atoms with E-state index < -0.39 is 12.0 Å². The van der Waals surface area contributed by atoms with Crippen LogP contribution in [-0.4, -0.2) is 25.8 Å². The highest BCUT2D eigenvalue weighted by Crippen LogP contribution is 2.15. The molecular formula is C17H15BrN4O2. The summed E-state index contributed by atoms with van der Waals surface area (Å²) >= 11 is 3.34. The van der Waals surface area contributed by atoms with E-state index in [1.165, 1.54) is 11.0 Å². The van der Waals surface area contributed by atoms with Gasteiger partial charge in [-0.2, -0.15) is 0 Å². The maximum Gasteiger partial charge on any atom is 0.295 e. The fourth-order valence-electron chi connectivity index (χ4n) is 2.16. The molecule has 1 aromatic heterocycles. The predicted molar refractivity (Wildman–Crippen MR) is 93.5 cm³/mol. The summed E-state index contributed by atoms with van der Waals surface area (Å²) in [7, 11) is 0. The molecule has 2 N–H and O–H groups in total. The molecule has 0 radical (unpaired) electrons. The second-order valence-electron chi connectivity index (χ2n) is 5.18. The normalized spacial score (nSPS) is 11.9. The number of hydrogen-bond donors (Lipinski definition) is 2. The van der Waals surface area contributed by atoms with Crippen molar-refractivity contribution >= 4 is 27.5 Å². The van der Waals surface area contributed by atoms with Crippen LogP contribution in [0.15, 0.2) is 65.4 Å². The van der Waals surface area contributed by atoms with E-state index in [1.54, 1.807) is 12.1 Å². The summed E-state index contributed by atoms with van der Waals surface area (Å²) in [6, 6.07) is 16.5. The molecule has 0 spiro atoms. The molecule has 0 saturated heterocycles. The van der Waals surface area contributed by atoms with Crippen molar-refractivity contribution in [1.82, 2.24) is 14.8 Å². The molecule has 2 aromatic carbocycles. The van der Waals surface area contributed by atoms with Crippen molar-refractivity contribution in [2.24, 2.45) is 0 Å². The van der Waals surface area contributed by atoms with E-state index >= 15 is 0 Å². The van der Waals surface area contributed by atoms with Crippen molar-refractivity contribution in [2.75, 3.05) is 5.32 Å². The zero-order valence-corrected chi connectivity index (χ0v) is 14.2. The van der Waals surface area contributed by atoms with Gasteiger partial charge in [0.05, 0.1) is 12.6 Å². The Morgan fingerprint density at radius 2 is 1.88 bits per heavy atom. The molecule has 1 amide bonds. The summed E-state index contributed by atoms with van der Waals surface area (Å²) < 4.78 is 2.38. The molecule has 0 aliphatic heterocycles. The van der Waals surface area contributed by atoms with Gasteiger partial charge in [0.1, 0.15) is 6.33 Å². The number of nitrogens with zero attached hydrogens (tertiary/aromatic N) is 3. The van der Waals surface area contributed by atoms with Crippen LogP contribution >= 0.6 is 15.9 Å². The van der Waals surface area contributed by atoms with Crippen LogP contribution in [0.4, 0.5) is 5.69 Å². The van der Waals surface area contributed by atoms with Crippen LogP contribution in [0.3, 0.4) is 0 Å². The fourth-order valence-corrected chi connectivity index (χ4v) is 2.43. The molecule has 0 aliphatic carbocycles. The molecule has 7 heteroatoms. The van der Waals surface area contributed by atoms with E-state index in [-0.39, 0.29) is 12.4 Å². The standard InChI is InChI=1S/C17H15BrN4O2/c18-13-6-8-14(9-7-13)20-17(24)16-19-11-22(21-16)10-15(23)12-4-2-1-3-5-12/h1-9,11,15,23H,10H2,(H,20,24)/t15-/m0/s1. The highest BCUT2D eigenvalue weighted by Gasteiger charge is 2.14. The lowest BCUT2D eigenvalue weighted by Crippen LogP contribution is -2.15. The quantitative estimate of drug-likeness (QED) is 0.706. The lowest BCUT2D eigenvalue weighted by Gasteiger charge is -2.10. The molecule has 122 valence electrons. The van der Waals surface area contributed by atoms with Gasteiger partial charge in [0.2, 0.25) is 5.82 Å². The van der Waals surface area contributed by atoms with Crippen LogP contribution in [0.25, 0.3) is 0 Å². The number of nitrogens with one attached hydrogen (secondary N) is 1. The molecule has 3 rings (SSSR count). The molecule has 6 nitrogen and oxygen atoms in total. The molecule has 3 aromatic rings. The number of rotatable bonds is 5. The lowest BCUT2D eigenvalue weighted by molar-refractivity contribution is 0.101. The first kappa shape index (κ1) is 16.4. The van der Waals surface area contributed by atoms with Crippen LogP contribution in [0, 0.1) is 0 Å². The van der Waals surface area contributed by atoms with E-state index in [2.05, 4.69) is 31.3 Å². The second-order valence-corrected chi connectivity index (χ2v) is 6.09. The van der Waals surface area contributed by atoms with Gasteiger partial charge < -0.3 is 10.4 Å². The van der Waals surface area contributed by atoms with Gasteiger partial charge in [0.15, 0.2) is 0 Å². The number of benzene rings is 2. The summed E-state index contributed by atoms with van der Waals surface area (Å²) in [6.45, 7) is 0.225. The first-order chi connectivity index (χ1) is 11.6. The Kier molecular flexibility index (Phi) is 5.02. The molecule has 0 fully saturated rings. The fraction of sp³-hybridized carbons (Fsp3) is 0.118. The largest absolute Gasteiger partial charge is 0.386 e. The predicted octanol–water partition coefficient (Wildman–Crippen LogP) is 3.03. The van der Waals surface area contributed by atoms with E-state index in [0.717, 1.165) is 10.0 Å². The second kappa shape index (κ2) is 7.37. The van der Waals surface area contributed by atoms with Gasteiger partial charge in [-0.25, -0.2) is 9.67 Å². The summed E-state index contributed by atoms with van der Waals surface area (Å²) in [5.74, 6) is -0.344. The number of carbonyl (C=O) groups excluding carboxylic acids is 1. The molecule has 1 atom stereocenters. The Hall–Kier alpha value is -2.51. The number of aromatic nitrogens is 3. The molecule has 0 aliphatic rings. The summed E-state index contributed by atoms with van der Waals surface area (Å²) in [6.07, 6.45) is 0.720. The molecule has 24 heavy (non-hydrogen) atoms. The zero-order valence-electron chi connectivity index (χ0n) is 12.6. The van der Waals surface area contributed by atoms with Crippen LogP contribution in [-0.2, 0) is 6.54 Å². The molecule has 0 unspecified atom stereocenters. The Bertz CT molecular complexity index is 818. The van der Waals surface area contributed by atoms with Gasteiger partial charge >= 0.3 is 0 Å². The summed E-state index contributed by atoms with van der Waals surface area (Å²) in [5.41, 5.74) is 1.44. The third kappa shape index (κ3) is 4.06. The van der Waals surface area contributed by atoms with Gasteiger partial charge in [-0.15, -0.1) is 5.10 Å². The number of carbonyl (C=O) groups is 1. The first-order valence-corrected chi connectivity index (χ1v) is 8.10. The summed E-state index contributed by atoms with van der Waals surface area (Å²) in [5, 5.41) is 17.0. The van der Waals surface area contributed by atoms with Crippen molar-refractivity contribution in [3.05, 3.63) is 76.8 Å². The van der Waals surface area contributed by atoms with Gasteiger partial charge in [-0.3, -0.25) is 4.79 Å². The Morgan fingerprint density at radius 1 is 1.17 bits per heavy atom. The third-order valence-electron chi connectivity index (χ3n) is 3.39. The number of anilines is 1.